The fourth-order valence-corrected chi connectivity index (χ4v) is 4.14. The van der Waals surface area contributed by atoms with Gasteiger partial charge in [0.2, 0.25) is 0 Å². The van der Waals surface area contributed by atoms with Crippen LogP contribution in [0, 0.1) is 12.8 Å². The summed E-state index contributed by atoms with van der Waals surface area (Å²) in [6.07, 6.45) is 2.10. The first-order chi connectivity index (χ1) is 12.2. The van der Waals surface area contributed by atoms with Crippen LogP contribution in [0.3, 0.4) is 0 Å². The minimum absolute atomic E-state index is 0.162. The van der Waals surface area contributed by atoms with Gasteiger partial charge in [-0.2, -0.15) is 0 Å². The number of amides is 1. The number of aryl methyl sites for hydroxylation is 1. The lowest BCUT2D eigenvalue weighted by Gasteiger charge is -2.31. The molecule has 25 heavy (non-hydrogen) atoms. The topological polar surface area (TPSA) is 71.3 Å². The molecular formula is C18H20N4O2S. The van der Waals surface area contributed by atoms with Crippen molar-refractivity contribution in [2.45, 2.75) is 19.8 Å². The number of aromatic nitrogens is 2. The van der Waals surface area contributed by atoms with E-state index in [1.54, 1.807) is 24.3 Å². The highest BCUT2D eigenvalue weighted by Crippen LogP contribution is 2.31. The Balaban J connectivity index is 1.30. The number of carbonyl (C=O) groups excluding carboxylic acids is 1. The molecule has 1 aliphatic rings. The van der Waals surface area contributed by atoms with Gasteiger partial charge < -0.3 is 14.7 Å². The normalized spacial score (nSPS) is 15.6. The quantitative estimate of drug-likeness (QED) is 0.777. The molecule has 6 nitrogen and oxygen atoms in total. The second-order valence-electron chi connectivity index (χ2n) is 6.43. The number of carbonyl (C=O) groups is 1. The number of para-hydroxylation sites is 1. The minimum atomic E-state index is -0.162. The molecule has 3 aromatic rings. The van der Waals surface area contributed by atoms with Crippen molar-refractivity contribution in [2.75, 3.05) is 24.5 Å². The molecule has 0 saturated carbocycles. The molecular weight excluding hydrogens is 336 g/mol. The second kappa shape index (κ2) is 6.84. The van der Waals surface area contributed by atoms with Crippen molar-refractivity contribution in [1.82, 2.24) is 15.5 Å². The Kier molecular flexibility index (Phi) is 4.40. The second-order valence-corrected chi connectivity index (χ2v) is 7.44. The summed E-state index contributed by atoms with van der Waals surface area (Å²) in [6.45, 7) is 4.41. The van der Waals surface area contributed by atoms with Crippen molar-refractivity contribution in [3.63, 3.8) is 0 Å². The van der Waals surface area contributed by atoms with E-state index in [0.717, 1.165) is 36.6 Å². The summed E-state index contributed by atoms with van der Waals surface area (Å²) in [6, 6.07) is 9.91. The lowest BCUT2D eigenvalue weighted by molar-refractivity contribution is 0.0936. The van der Waals surface area contributed by atoms with Gasteiger partial charge in [0.05, 0.1) is 10.2 Å². The Labute approximate surface area is 149 Å². The molecule has 1 fully saturated rings. The Morgan fingerprint density at radius 2 is 2.16 bits per heavy atom. The van der Waals surface area contributed by atoms with Gasteiger partial charge >= 0.3 is 0 Å². The lowest BCUT2D eigenvalue weighted by Crippen LogP contribution is -2.38. The molecule has 0 bridgehead atoms. The van der Waals surface area contributed by atoms with Gasteiger partial charge in [0, 0.05) is 25.7 Å². The number of anilines is 1. The fraction of sp³-hybridized carbons (Fsp3) is 0.389. The average molecular weight is 356 g/mol. The van der Waals surface area contributed by atoms with Gasteiger partial charge in [0.1, 0.15) is 5.76 Å². The molecule has 0 atom stereocenters. The first-order valence-corrected chi connectivity index (χ1v) is 9.33. The van der Waals surface area contributed by atoms with Gasteiger partial charge in [-0.05, 0) is 37.8 Å². The van der Waals surface area contributed by atoms with Crippen LogP contribution in [0.5, 0.6) is 0 Å². The highest BCUT2D eigenvalue weighted by atomic mass is 32.1. The van der Waals surface area contributed by atoms with E-state index >= 15 is 0 Å². The van der Waals surface area contributed by atoms with Crippen LogP contribution in [0.2, 0.25) is 0 Å². The predicted molar refractivity (Wildman–Crippen MR) is 98.1 cm³/mol. The first-order valence-electron chi connectivity index (χ1n) is 8.51. The van der Waals surface area contributed by atoms with Gasteiger partial charge in [-0.3, -0.25) is 4.79 Å². The Morgan fingerprint density at radius 3 is 2.88 bits per heavy atom. The summed E-state index contributed by atoms with van der Waals surface area (Å²) in [4.78, 5) is 19.1. The van der Waals surface area contributed by atoms with Crippen molar-refractivity contribution in [1.29, 1.82) is 0 Å². The third-order valence-corrected chi connectivity index (χ3v) is 5.68. The van der Waals surface area contributed by atoms with Gasteiger partial charge in [0.25, 0.3) is 5.91 Å². The maximum atomic E-state index is 12.0. The highest BCUT2D eigenvalue weighted by molar-refractivity contribution is 7.22. The van der Waals surface area contributed by atoms with Crippen LogP contribution in [-0.4, -0.2) is 35.7 Å². The van der Waals surface area contributed by atoms with Crippen molar-refractivity contribution in [3.8, 4) is 0 Å². The number of hydrogen-bond donors (Lipinski definition) is 1. The molecule has 0 unspecified atom stereocenters. The smallest absolute Gasteiger partial charge is 0.273 e. The molecule has 2 aromatic heterocycles. The molecule has 1 N–H and O–H groups in total. The van der Waals surface area contributed by atoms with Gasteiger partial charge in [-0.15, -0.1) is 0 Å². The fourth-order valence-electron chi connectivity index (χ4n) is 3.12. The number of benzene rings is 1. The van der Waals surface area contributed by atoms with Gasteiger partial charge in [-0.1, -0.05) is 28.6 Å². The SMILES string of the molecule is Cc1cc(C(=O)NCC2CCN(c3nc4ccccc4s3)CC2)no1. The molecule has 7 heteroatoms. The summed E-state index contributed by atoms with van der Waals surface area (Å²) in [5, 5.41) is 7.81. The number of piperidine rings is 1. The van der Waals surface area contributed by atoms with E-state index in [2.05, 4.69) is 33.6 Å². The molecule has 1 aliphatic heterocycles. The molecule has 0 radical (unpaired) electrons. The number of nitrogens with one attached hydrogen (secondary N) is 1. The minimum Gasteiger partial charge on any atom is -0.361 e. The molecule has 1 aromatic carbocycles. The zero-order chi connectivity index (χ0) is 17.2. The zero-order valence-corrected chi connectivity index (χ0v) is 14.9. The molecule has 0 aliphatic carbocycles. The van der Waals surface area contributed by atoms with E-state index in [0.29, 0.717) is 23.9 Å². The summed E-state index contributed by atoms with van der Waals surface area (Å²) in [7, 11) is 0. The van der Waals surface area contributed by atoms with Crippen LogP contribution in [-0.2, 0) is 0 Å². The number of fused-ring (bicyclic) bond motifs is 1. The maximum Gasteiger partial charge on any atom is 0.273 e. The number of thiazole rings is 1. The van der Waals surface area contributed by atoms with Crippen LogP contribution in [0.25, 0.3) is 10.2 Å². The third kappa shape index (κ3) is 3.51. The number of nitrogens with zero attached hydrogens (tertiary/aromatic N) is 3. The molecule has 1 saturated heterocycles. The Morgan fingerprint density at radius 1 is 1.36 bits per heavy atom. The van der Waals surface area contributed by atoms with E-state index in [1.165, 1.54) is 4.70 Å². The van der Waals surface area contributed by atoms with Crippen LogP contribution in [0.1, 0.15) is 29.1 Å². The molecule has 0 spiro atoms. The van der Waals surface area contributed by atoms with Crippen LogP contribution in [0.4, 0.5) is 5.13 Å². The maximum absolute atomic E-state index is 12.0. The van der Waals surface area contributed by atoms with E-state index in [1.807, 2.05) is 6.07 Å². The molecule has 1 amide bonds. The van der Waals surface area contributed by atoms with Gasteiger partial charge in [0.15, 0.2) is 10.8 Å². The number of hydrogen-bond acceptors (Lipinski definition) is 6. The van der Waals surface area contributed by atoms with Crippen molar-refractivity contribution in [3.05, 3.63) is 41.8 Å². The van der Waals surface area contributed by atoms with E-state index in [-0.39, 0.29) is 5.91 Å². The van der Waals surface area contributed by atoms with E-state index in [9.17, 15) is 4.79 Å². The summed E-state index contributed by atoms with van der Waals surface area (Å²) in [5.41, 5.74) is 1.42. The van der Waals surface area contributed by atoms with E-state index < -0.39 is 0 Å². The highest BCUT2D eigenvalue weighted by Gasteiger charge is 2.22. The van der Waals surface area contributed by atoms with E-state index in [4.69, 9.17) is 9.51 Å². The Hall–Kier alpha value is -2.41. The standard InChI is InChI=1S/C18H20N4O2S/c1-12-10-15(21-24-12)17(23)19-11-13-6-8-22(9-7-13)18-20-14-4-2-3-5-16(14)25-18/h2-5,10,13H,6-9,11H2,1H3,(H,19,23). The van der Waals surface area contributed by atoms with Crippen LogP contribution < -0.4 is 10.2 Å². The Bertz CT molecular complexity index is 847. The van der Waals surface area contributed by atoms with Crippen LogP contribution >= 0.6 is 11.3 Å². The number of rotatable bonds is 4. The summed E-state index contributed by atoms with van der Waals surface area (Å²) < 4.78 is 6.17. The predicted octanol–water partition coefficient (Wildman–Crippen LogP) is 3.24. The zero-order valence-electron chi connectivity index (χ0n) is 14.1. The molecule has 4 rings (SSSR count). The largest absolute Gasteiger partial charge is 0.361 e. The molecule has 130 valence electrons. The van der Waals surface area contributed by atoms with Gasteiger partial charge in [-0.25, -0.2) is 4.98 Å². The van der Waals surface area contributed by atoms with Crippen molar-refractivity contribution in [2.24, 2.45) is 5.92 Å². The average Bonchev–Trinajstić information content (AvgIpc) is 3.26. The molecule has 3 heterocycles. The van der Waals surface area contributed by atoms with Crippen molar-refractivity contribution >= 4 is 32.6 Å². The van der Waals surface area contributed by atoms with Crippen LogP contribution in [0.15, 0.2) is 34.9 Å². The monoisotopic (exact) mass is 356 g/mol. The van der Waals surface area contributed by atoms with Crippen molar-refractivity contribution < 1.29 is 9.32 Å². The summed E-state index contributed by atoms with van der Waals surface area (Å²) >= 11 is 1.75. The first kappa shape index (κ1) is 16.1. The summed E-state index contributed by atoms with van der Waals surface area (Å²) in [5.74, 6) is 0.974. The third-order valence-electron chi connectivity index (χ3n) is 4.58. The lowest BCUT2D eigenvalue weighted by atomic mass is 9.97.